The fourth-order valence-electron chi connectivity index (χ4n) is 7.78. The molecule has 0 spiro atoms. The average molecular weight is 1060 g/mol. The lowest BCUT2D eigenvalue weighted by Crippen LogP contribution is -2.17. The van der Waals surface area contributed by atoms with Crippen molar-refractivity contribution >= 4 is 68.9 Å². The molecule has 0 unspecified atom stereocenters. The summed E-state index contributed by atoms with van der Waals surface area (Å²) < 4.78 is 33.1. The van der Waals surface area contributed by atoms with Gasteiger partial charge in [-0.05, 0) is 131 Å². The van der Waals surface area contributed by atoms with E-state index in [9.17, 15) is 19.2 Å². The number of benzene rings is 6. The van der Waals surface area contributed by atoms with E-state index < -0.39 is 23.9 Å². The van der Waals surface area contributed by atoms with Crippen molar-refractivity contribution in [2.75, 3.05) is 51.1 Å². The average Bonchev–Trinajstić information content (AvgIpc) is 3.44. The molecule has 0 aliphatic carbocycles. The van der Waals surface area contributed by atoms with Crippen LogP contribution in [0.1, 0.15) is 121 Å². The summed E-state index contributed by atoms with van der Waals surface area (Å²) in [6.07, 6.45) is 14.7. The van der Waals surface area contributed by atoms with Gasteiger partial charge >= 0.3 is 23.9 Å². The van der Waals surface area contributed by atoms with Crippen LogP contribution in [0.15, 0.2) is 144 Å². The monoisotopic (exact) mass is 1060 g/mol. The number of fused-ring (bicyclic) bond motifs is 2. The van der Waals surface area contributed by atoms with Gasteiger partial charge in [-0.3, -0.25) is 0 Å². The molecule has 6 rings (SSSR count). The molecule has 0 amide bonds. The van der Waals surface area contributed by atoms with E-state index in [0.717, 1.165) is 56.3 Å². The van der Waals surface area contributed by atoms with Crippen molar-refractivity contribution in [3.8, 4) is 35.2 Å². The molecule has 0 heterocycles. The quantitative estimate of drug-likeness (QED) is 0.0111. The summed E-state index contributed by atoms with van der Waals surface area (Å²) in [5.41, 5.74) is 2.89. The molecule has 0 atom stereocenters. The van der Waals surface area contributed by atoms with E-state index in [1.807, 2.05) is 47.8 Å². The van der Waals surface area contributed by atoms with Crippen molar-refractivity contribution in [2.45, 2.75) is 87.8 Å². The molecule has 0 aliphatic rings. The molecule has 0 saturated carbocycles. The Labute approximate surface area is 456 Å². The number of thioether (sulfide) groups is 2. The molecule has 10 nitrogen and oxygen atoms in total. The van der Waals surface area contributed by atoms with Crippen LogP contribution in [0.2, 0.25) is 0 Å². The predicted molar refractivity (Wildman–Crippen MR) is 306 cm³/mol. The maximum atomic E-state index is 13.5. The van der Waals surface area contributed by atoms with Crippen molar-refractivity contribution in [3.05, 3.63) is 168 Å². The molecule has 6 aromatic carbocycles. The largest absolute Gasteiger partial charge is 0.489 e. The zero-order chi connectivity index (χ0) is 53.7. The molecule has 6 aromatic rings. The molecule has 0 fully saturated rings. The highest BCUT2D eigenvalue weighted by molar-refractivity contribution is 7.99. The Morgan fingerprint density at radius 1 is 0.421 bits per heavy atom. The van der Waals surface area contributed by atoms with Crippen molar-refractivity contribution in [1.29, 1.82) is 0 Å². The first-order chi connectivity index (χ1) is 37.2. The second-order valence-corrected chi connectivity index (χ2v) is 19.9. The normalized spacial score (nSPS) is 10.6. The van der Waals surface area contributed by atoms with Crippen LogP contribution in [0.25, 0.3) is 21.5 Å². The van der Waals surface area contributed by atoms with E-state index in [1.165, 1.54) is 74.0 Å². The van der Waals surface area contributed by atoms with Gasteiger partial charge in [0.05, 0.1) is 0 Å². The second-order valence-electron chi connectivity index (χ2n) is 17.6. The van der Waals surface area contributed by atoms with Crippen LogP contribution in [0, 0.1) is 23.7 Å². The first kappa shape index (κ1) is 57.9. The minimum absolute atomic E-state index is 0.0483. The van der Waals surface area contributed by atoms with Crippen LogP contribution >= 0.6 is 23.5 Å². The first-order valence-corrected chi connectivity index (χ1v) is 28.0. The van der Waals surface area contributed by atoms with Gasteiger partial charge in [-0.2, -0.15) is 0 Å². The predicted octanol–water partition coefficient (Wildman–Crippen LogP) is 14.1. The van der Waals surface area contributed by atoms with Crippen molar-refractivity contribution in [3.63, 3.8) is 0 Å². The minimum atomic E-state index is -0.717. The molecule has 12 heteroatoms. The lowest BCUT2D eigenvalue weighted by Gasteiger charge is -2.14. The topological polar surface area (TPSA) is 124 Å². The van der Waals surface area contributed by atoms with Crippen LogP contribution in [0.5, 0.6) is 11.5 Å². The lowest BCUT2D eigenvalue weighted by molar-refractivity contribution is -0.139. The van der Waals surface area contributed by atoms with Gasteiger partial charge in [0.1, 0.15) is 62.3 Å². The zero-order valence-electron chi connectivity index (χ0n) is 43.6. The Morgan fingerprint density at radius 2 is 0.776 bits per heavy atom. The van der Waals surface area contributed by atoms with E-state index in [1.54, 1.807) is 36.4 Å². The van der Waals surface area contributed by atoms with E-state index in [2.05, 4.69) is 99.2 Å². The summed E-state index contributed by atoms with van der Waals surface area (Å²) in [7, 11) is 0. The van der Waals surface area contributed by atoms with Crippen molar-refractivity contribution in [1.82, 2.24) is 0 Å². The molecule has 0 N–H and O–H groups in total. The smallest absolute Gasteiger partial charge is 0.342 e. The Kier molecular flexibility index (Phi) is 24.5. The van der Waals surface area contributed by atoms with Gasteiger partial charge in [0.25, 0.3) is 0 Å². The molecular weight excluding hydrogens is 993 g/mol. The van der Waals surface area contributed by atoms with Gasteiger partial charge in [0.15, 0.2) is 0 Å². The number of hydrogen-bond donors (Lipinski definition) is 0. The number of unbranched alkanes of at least 4 members (excludes halogenated alkanes) is 8. The molecule has 76 heavy (non-hydrogen) atoms. The number of carbonyl (C=O) groups is 4. The molecule has 0 radical (unpaired) electrons. The van der Waals surface area contributed by atoms with Gasteiger partial charge < -0.3 is 28.4 Å². The Balaban J connectivity index is 1.13. The van der Waals surface area contributed by atoms with Gasteiger partial charge in [0, 0.05) is 44.2 Å². The van der Waals surface area contributed by atoms with Gasteiger partial charge in [0.2, 0.25) is 0 Å². The number of carbonyl (C=O) groups excluding carboxylic acids is 4. The summed E-state index contributed by atoms with van der Waals surface area (Å²) in [5, 5.41) is 4.44. The van der Waals surface area contributed by atoms with Gasteiger partial charge in [-0.25, -0.2) is 19.2 Å². The zero-order valence-corrected chi connectivity index (χ0v) is 45.2. The summed E-state index contributed by atoms with van der Waals surface area (Å²) in [6, 6.07) is 35.1. The Bertz CT molecular complexity index is 2880. The minimum Gasteiger partial charge on any atom is -0.489 e. The summed E-state index contributed by atoms with van der Waals surface area (Å²) in [4.78, 5) is 52.7. The molecule has 0 aliphatic heterocycles. The maximum Gasteiger partial charge on any atom is 0.342 e. The molecular formula is C64H66O10S2. The van der Waals surface area contributed by atoms with Gasteiger partial charge in [-0.15, -0.1) is 23.5 Å². The number of esters is 4. The summed E-state index contributed by atoms with van der Waals surface area (Å²) >= 11 is 3.78. The third-order valence-corrected chi connectivity index (χ3v) is 14.0. The van der Waals surface area contributed by atoms with Crippen LogP contribution in [-0.2, 0) is 28.5 Å². The van der Waals surface area contributed by atoms with E-state index in [-0.39, 0.29) is 62.3 Å². The fraction of sp³-hybridized carbons (Fsp3) is 0.312. The highest BCUT2D eigenvalue weighted by Crippen LogP contribution is 2.29. The van der Waals surface area contributed by atoms with Crippen molar-refractivity contribution in [2.24, 2.45) is 0 Å². The third kappa shape index (κ3) is 19.4. The van der Waals surface area contributed by atoms with Crippen LogP contribution in [0.3, 0.4) is 0 Å². The van der Waals surface area contributed by atoms with Crippen LogP contribution in [-0.4, -0.2) is 75.0 Å². The van der Waals surface area contributed by atoms with Crippen LogP contribution in [0.4, 0.5) is 0 Å². The van der Waals surface area contributed by atoms with Gasteiger partial charge in [-0.1, -0.05) is 126 Å². The Morgan fingerprint density at radius 3 is 1.18 bits per heavy atom. The molecule has 0 saturated heterocycles. The SMILES string of the molecule is C=CC(=O)OCCOC(=O)c1cc(C#Cc2ccc3cc(SCCCCCCC)ccc3c2)ccc1OCCOc1ccc(C#Cc2ccc3cc(SCCCCCCC)ccc3c2)cc1C(=O)OCCOC(=O)C=C. The Hall–Kier alpha value is -7.38. The fourth-order valence-corrected chi connectivity index (χ4v) is 9.70. The summed E-state index contributed by atoms with van der Waals surface area (Å²) in [5.74, 6) is 12.7. The van der Waals surface area contributed by atoms with E-state index in [4.69, 9.17) is 28.4 Å². The summed E-state index contributed by atoms with van der Waals surface area (Å²) in [6.45, 7) is 10.4. The maximum absolute atomic E-state index is 13.5. The standard InChI is InChI=1S/C64H66O10S2/c1-5-9-11-13-15-39-75-55-29-27-51-41-47(21-25-53(51)45-55)17-19-49-23-31-59(57(43-49)63(67)73-37-35-71-61(65)7-3)69-33-34-70-60-32-24-50(44-58(60)64(68)74-38-36-72-62(66)8-4)20-18-48-22-26-54-46-56(30-28-52(54)42-48)76-40-16-14-12-10-6-2/h7-8,21-32,41-46H,3-6,9-16,33-40H2,1-2H3. The number of ether oxygens (including phenoxy) is 6. The number of hydrogen-bond acceptors (Lipinski definition) is 12. The number of rotatable bonds is 29. The molecule has 394 valence electrons. The highest BCUT2D eigenvalue weighted by atomic mass is 32.2. The van der Waals surface area contributed by atoms with Crippen LogP contribution < -0.4 is 9.47 Å². The molecule has 0 aromatic heterocycles. The van der Waals surface area contributed by atoms with E-state index in [0.29, 0.717) is 11.1 Å². The van der Waals surface area contributed by atoms with Crippen molar-refractivity contribution < 1.29 is 47.6 Å². The first-order valence-electron chi connectivity index (χ1n) is 26.0. The highest BCUT2D eigenvalue weighted by Gasteiger charge is 2.18. The second kappa shape index (κ2) is 32.1. The van der Waals surface area contributed by atoms with E-state index >= 15 is 0 Å². The lowest BCUT2D eigenvalue weighted by atomic mass is 10.1. The third-order valence-electron chi connectivity index (χ3n) is 11.8. The molecule has 0 bridgehead atoms.